The van der Waals surface area contributed by atoms with Crippen molar-refractivity contribution in [1.29, 1.82) is 0 Å². The van der Waals surface area contributed by atoms with Crippen LogP contribution in [0, 0.1) is 0 Å². The minimum Gasteiger partial charge on any atom is -0.293 e. The van der Waals surface area contributed by atoms with Crippen molar-refractivity contribution in [3.05, 3.63) is 22.3 Å². The normalized spacial score (nSPS) is 11.4. The summed E-state index contributed by atoms with van der Waals surface area (Å²) in [4.78, 5) is 14.6. The highest BCUT2D eigenvalue weighted by Crippen LogP contribution is 2.19. The van der Waals surface area contributed by atoms with Crippen LogP contribution >= 0.6 is 26.6 Å². The standard InChI is InChI=1S/C7H5BrClNO3S/c1-4(11)6-2-5(8)3-7(10-6)14(9,12)13/h2-3H,1H3. The maximum Gasteiger partial charge on any atom is 0.278 e. The lowest BCUT2D eigenvalue weighted by atomic mass is 10.3. The summed E-state index contributed by atoms with van der Waals surface area (Å²) in [6.45, 7) is 1.29. The topological polar surface area (TPSA) is 64.1 Å². The Morgan fingerprint density at radius 3 is 2.50 bits per heavy atom. The minimum atomic E-state index is -3.90. The van der Waals surface area contributed by atoms with Crippen molar-refractivity contribution in [2.24, 2.45) is 0 Å². The van der Waals surface area contributed by atoms with Crippen LogP contribution in [0.25, 0.3) is 0 Å². The largest absolute Gasteiger partial charge is 0.293 e. The molecule has 0 aliphatic heterocycles. The van der Waals surface area contributed by atoms with Crippen molar-refractivity contribution >= 4 is 41.4 Å². The van der Waals surface area contributed by atoms with Crippen LogP contribution in [0.2, 0.25) is 0 Å². The summed E-state index contributed by atoms with van der Waals surface area (Å²) in [5, 5.41) is -0.334. The lowest BCUT2D eigenvalue weighted by Gasteiger charge is -1.99. The summed E-state index contributed by atoms with van der Waals surface area (Å²) < 4.78 is 22.3. The highest BCUT2D eigenvalue weighted by atomic mass is 79.9. The molecule has 0 N–H and O–H groups in total. The van der Waals surface area contributed by atoms with E-state index in [2.05, 4.69) is 20.9 Å². The quantitative estimate of drug-likeness (QED) is 0.618. The summed E-state index contributed by atoms with van der Waals surface area (Å²) in [7, 11) is 1.18. The lowest BCUT2D eigenvalue weighted by molar-refractivity contribution is 0.101. The van der Waals surface area contributed by atoms with Crippen molar-refractivity contribution in [2.75, 3.05) is 0 Å². The smallest absolute Gasteiger partial charge is 0.278 e. The van der Waals surface area contributed by atoms with Gasteiger partial charge < -0.3 is 0 Å². The van der Waals surface area contributed by atoms with Crippen LogP contribution in [0.15, 0.2) is 21.6 Å². The van der Waals surface area contributed by atoms with Crippen LogP contribution in [0.5, 0.6) is 0 Å². The average molecular weight is 299 g/mol. The van der Waals surface area contributed by atoms with E-state index in [1.54, 1.807) is 0 Å². The second-order valence-electron chi connectivity index (χ2n) is 2.50. The molecule has 4 nitrogen and oxygen atoms in total. The van der Waals surface area contributed by atoms with Gasteiger partial charge in [0.05, 0.1) is 0 Å². The summed E-state index contributed by atoms with van der Waals surface area (Å²) in [6.07, 6.45) is 0. The molecule has 0 bridgehead atoms. The lowest BCUT2D eigenvalue weighted by Crippen LogP contribution is -2.02. The van der Waals surface area contributed by atoms with Crippen molar-refractivity contribution in [1.82, 2.24) is 4.98 Å². The Morgan fingerprint density at radius 2 is 2.07 bits per heavy atom. The van der Waals surface area contributed by atoms with Crippen molar-refractivity contribution < 1.29 is 13.2 Å². The SMILES string of the molecule is CC(=O)c1cc(Br)cc(S(=O)(=O)Cl)n1. The van der Waals surface area contributed by atoms with E-state index in [4.69, 9.17) is 10.7 Å². The third kappa shape index (κ3) is 2.76. The molecular formula is C7H5BrClNO3S. The number of halogens is 2. The van der Waals surface area contributed by atoms with E-state index in [9.17, 15) is 13.2 Å². The molecule has 0 radical (unpaired) electrons. The summed E-state index contributed by atoms with van der Waals surface area (Å²) >= 11 is 3.06. The highest BCUT2D eigenvalue weighted by Gasteiger charge is 2.15. The van der Waals surface area contributed by atoms with Crippen LogP contribution < -0.4 is 0 Å². The fourth-order valence-electron chi connectivity index (χ4n) is 0.779. The van der Waals surface area contributed by atoms with E-state index in [1.165, 1.54) is 19.1 Å². The zero-order chi connectivity index (χ0) is 10.9. The fourth-order valence-corrected chi connectivity index (χ4v) is 2.08. The number of pyridine rings is 1. The van der Waals surface area contributed by atoms with Crippen molar-refractivity contribution in [3.63, 3.8) is 0 Å². The van der Waals surface area contributed by atoms with Gasteiger partial charge in [-0.25, -0.2) is 13.4 Å². The molecule has 14 heavy (non-hydrogen) atoms. The van der Waals surface area contributed by atoms with Gasteiger partial charge in [-0.2, -0.15) is 0 Å². The number of carbonyl (C=O) groups is 1. The molecular weight excluding hydrogens is 294 g/mol. The second-order valence-corrected chi connectivity index (χ2v) is 5.93. The first-order valence-corrected chi connectivity index (χ1v) is 6.54. The molecule has 1 aromatic rings. The van der Waals surface area contributed by atoms with Gasteiger partial charge in [-0.05, 0) is 12.1 Å². The Bertz CT molecular complexity index is 486. The second kappa shape index (κ2) is 3.96. The van der Waals surface area contributed by atoms with Crippen LogP contribution in [-0.2, 0) is 9.05 Å². The number of aromatic nitrogens is 1. The molecule has 0 aliphatic carbocycles. The Hall–Kier alpha value is -0.460. The monoisotopic (exact) mass is 297 g/mol. The van der Waals surface area contributed by atoms with Crippen LogP contribution in [0.1, 0.15) is 17.4 Å². The Kier molecular flexibility index (Phi) is 3.28. The third-order valence-corrected chi connectivity index (χ3v) is 3.02. The van der Waals surface area contributed by atoms with Gasteiger partial charge in [-0.3, -0.25) is 4.79 Å². The maximum absolute atomic E-state index is 11.0. The molecule has 0 unspecified atom stereocenters. The number of carbonyl (C=O) groups excluding carboxylic acids is 1. The van der Waals surface area contributed by atoms with E-state index in [-0.39, 0.29) is 16.5 Å². The van der Waals surface area contributed by atoms with Gasteiger partial charge in [0.15, 0.2) is 10.8 Å². The number of hydrogen-bond acceptors (Lipinski definition) is 4. The van der Waals surface area contributed by atoms with Crippen LogP contribution in [0.3, 0.4) is 0 Å². The first-order chi connectivity index (χ1) is 6.30. The van der Waals surface area contributed by atoms with Gasteiger partial charge in [-0.1, -0.05) is 15.9 Å². The van der Waals surface area contributed by atoms with Crippen molar-refractivity contribution in [3.8, 4) is 0 Å². The maximum atomic E-state index is 11.0. The Balaban J connectivity index is 3.43. The first kappa shape index (κ1) is 11.6. The van der Waals surface area contributed by atoms with E-state index in [1.807, 2.05) is 0 Å². The van der Waals surface area contributed by atoms with Gasteiger partial charge in [-0.15, -0.1) is 0 Å². The summed E-state index contributed by atoms with van der Waals surface area (Å²) in [6, 6.07) is 2.66. The number of ketones is 1. The van der Waals surface area contributed by atoms with Crippen LogP contribution in [-0.4, -0.2) is 19.2 Å². The molecule has 0 aromatic carbocycles. The molecule has 0 saturated heterocycles. The molecule has 76 valence electrons. The zero-order valence-electron chi connectivity index (χ0n) is 6.99. The predicted octanol–water partition coefficient (Wildman–Crippen LogP) is 1.97. The van der Waals surface area contributed by atoms with Gasteiger partial charge in [0.1, 0.15) is 5.69 Å². The van der Waals surface area contributed by atoms with Crippen molar-refractivity contribution in [2.45, 2.75) is 11.9 Å². The van der Waals surface area contributed by atoms with E-state index < -0.39 is 9.05 Å². The van der Waals surface area contributed by atoms with E-state index >= 15 is 0 Å². The van der Waals surface area contributed by atoms with E-state index in [0.29, 0.717) is 4.47 Å². The number of hydrogen-bond donors (Lipinski definition) is 0. The summed E-state index contributed by atoms with van der Waals surface area (Å²) in [5.41, 5.74) is 0.0543. The molecule has 0 atom stereocenters. The van der Waals surface area contributed by atoms with Gasteiger partial charge in [0, 0.05) is 22.1 Å². The molecule has 7 heteroatoms. The fraction of sp³-hybridized carbons (Fsp3) is 0.143. The number of nitrogens with zero attached hydrogens (tertiary/aromatic N) is 1. The molecule has 1 aromatic heterocycles. The molecule has 1 heterocycles. The van der Waals surface area contributed by atoms with Crippen LogP contribution in [0.4, 0.5) is 0 Å². The molecule has 0 saturated carbocycles. The molecule has 0 amide bonds. The van der Waals surface area contributed by atoms with Gasteiger partial charge >= 0.3 is 0 Å². The molecule has 0 aliphatic rings. The average Bonchev–Trinajstić information content (AvgIpc) is 2.01. The minimum absolute atomic E-state index is 0.0543. The predicted molar refractivity (Wildman–Crippen MR) is 55.0 cm³/mol. The highest BCUT2D eigenvalue weighted by molar-refractivity contribution is 9.10. The van der Waals surface area contributed by atoms with Gasteiger partial charge in [0.2, 0.25) is 0 Å². The third-order valence-electron chi connectivity index (χ3n) is 1.38. The number of Topliss-reactive ketones (excluding diaryl/α,β-unsaturated/α-hetero) is 1. The number of rotatable bonds is 2. The molecule has 0 fully saturated rings. The molecule has 1 rings (SSSR count). The Labute approximate surface area is 93.8 Å². The Morgan fingerprint density at radius 1 is 1.50 bits per heavy atom. The zero-order valence-corrected chi connectivity index (χ0v) is 10.1. The first-order valence-electron chi connectivity index (χ1n) is 3.44. The van der Waals surface area contributed by atoms with E-state index in [0.717, 1.165) is 0 Å². The molecule has 0 spiro atoms. The summed E-state index contributed by atoms with van der Waals surface area (Å²) in [5.74, 6) is -0.326. The van der Waals surface area contributed by atoms with Gasteiger partial charge in [0.25, 0.3) is 9.05 Å².